The molecule has 10 nitrogen and oxygen atoms in total. The number of esters is 2. The molecule has 2 atom stereocenters. The number of methoxy groups -OCH3 is 2. The van der Waals surface area contributed by atoms with E-state index in [1.54, 1.807) is 10.1 Å². The first kappa shape index (κ1) is 36.7. The van der Waals surface area contributed by atoms with Crippen LogP contribution in [0.3, 0.4) is 0 Å². The van der Waals surface area contributed by atoms with Crippen molar-refractivity contribution in [2.75, 3.05) is 28.3 Å². The molecule has 0 N–H and O–H groups in total. The van der Waals surface area contributed by atoms with Crippen molar-refractivity contribution in [1.29, 1.82) is 0 Å². The topological polar surface area (TPSA) is 102 Å². The van der Waals surface area contributed by atoms with E-state index in [4.69, 9.17) is 28.5 Å². The number of aryl methyl sites for hydroxylation is 6. The zero-order valence-electron chi connectivity index (χ0n) is 26.2. The van der Waals surface area contributed by atoms with Gasteiger partial charge < -0.3 is 19.1 Å². The second-order valence-electron chi connectivity index (χ2n) is 10.2. The Morgan fingerprint density at radius 3 is 1.26 bits per heavy atom. The number of hydroxylamine groups is 4. The average Bonchev–Trinajstić information content (AvgIpc) is 3.44. The summed E-state index contributed by atoms with van der Waals surface area (Å²) in [6.07, 6.45) is -0.312. The van der Waals surface area contributed by atoms with Crippen molar-refractivity contribution in [1.82, 2.24) is 10.1 Å². The van der Waals surface area contributed by atoms with E-state index in [1.807, 2.05) is 14.1 Å². The Morgan fingerprint density at radius 1 is 0.721 bits per heavy atom. The standard InChI is InChI=1S/2C15H20N2O3.2ClH.Pt/c2*1-9-6-10(2)14(11(3)7-9)15-16-12(20-17(15)4)8-13(18)19-5;;;/h2*6-7,15H,8H2,1-5H3;2*1H;/q;;;;+2/p-2. The monoisotopic (exact) mass is 817 g/mol. The third-order valence-electron chi connectivity index (χ3n) is 6.76. The van der Waals surface area contributed by atoms with Crippen LogP contribution in [0.15, 0.2) is 34.3 Å². The van der Waals surface area contributed by atoms with Crippen LogP contribution in [0, 0.1) is 41.5 Å². The molecule has 2 aliphatic rings. The van der Waals surface area contributed by atoms with Crippen molar-refractivity contribution >= 4 is 42.6 Å². The van der Waals surface area contributed by atoms with Crippen LogP contribution in [0.4, 0.5) is 0 Å². The Hall–Kier alpha value is -2.49. The summed E-state index contributed by atoms with van der Waals surface area (Å²) in [5.74, 6) is 0.0813. The van der Waals surface area contributed by atoms with Gasteiger partial charge in [0.25, 0.3) is 0 Å². The minimum atomic E-state index is -0.472. The molecule has 0 amide bonds. The molecular weight excluding hydrogens is 778 g/mol. The van der Waals surface area contributed by atoms with E-state index in [9.17, 15) is 9.59 Å². The van der Waals surface area contributed by atoms with Crippen LogP contribution < -0.4 is 0 Å². The van der Waals surface area contributed by atoms with Gasteiger partial charge in [-0.15, -0.1) is 10.1 Å². The maximum absolute atomic E-state index is 11.3. The fourth-order valence-corrected chi connectivity index (χ4v) is 5.15. The first-order chi connectivity index (χ1) is 20.3. The fourth-order valence-electron chi connectivity index (χ4n) is 5.15. The third kappa shape index (κ3) is 10.3. The van der Waals surface area contributed by atoms with Gasteiger partial charge in [-0.2, -0.15) is 0 Å². The molecule has 2 aromatic carbocycles. The molecule has 13 heteroatoms. The van der Waals surface area contributed by atoms with Gasteiger partial charge in [-0.25, -0.2) is 9.98 Å². The van der Waals surface area contributed by atoms with Crippen LogP contribution >= 0.6 is 18.8 Å². The molecule has 2 aromatic rings. The summed E-state index contributed by atoms with van der Waals surface area (Å²) < 4.78 is 9.27. The summed E-state index contributed by atoms with van der Waals surface area (Å²) >= 11 is -0.472. The Bertz CT molecular complexity index is 1220. The van der Waals surface area contributed by atoms with Gasteiger partial charge in [0, 0.05) is 25.2 Å². The summed E-state index contributed by atoms with van der Waals surface area (Å²) in [4.78, 5) is 42.6. The molecule has 2 unspecified atom stereocenters. The Kier molecular flexibility index (Phi) is 14.6. The Balaban J connectivity index is 0.000000275. The molecule has 43 heavy (non-hydrogen) atoms. The van der Waals surface area contributed by atoms with Gasteiger partial charge >= 0.3 is 47.3 Å². The molecule has 0 aromatic heterocycles. The first-order valence-electron chi connectivity index (χ1n) is 13.3. The number of rotatable bonds is 6. The van der Waals surface area contributed by atoms with E-state index in [1.165, 1.54) is 47.6 Å². The summed E-state index contributed by atoms with van der Waals surface area (Å²) in [5.41, 5.74) is 9.39. The van der Waals surface area contributed by atoms with Crippen molar-refractivity contribution in [3.63, 3.8) is 0 Å². The predicted octanol–water partition coefficient (Wildman–Crippen LogP) is 6.27. The summed E-state index contributed by atoms with van der Waals surface area (Å²) in [7, 11) is 16.1. The van der Waals surface area contributed by atoms with Crippen molar-refractivity contribution in [2.45, 2.75) is 66.7 Å². The van der Waals surface area contributed by atoms with Crippen LogP contribution in [0.2, 0.25) is 0 Å². The summed E-state index contributed by atoms with van der Waals surface area (Å²) in [5, 5.41) is 3.34. The number of carbonyl (C=O) groups is 2. The van der Waals surface area contributed by atoms with E-state index in [0.29, 0.717) is 11.8 Å². The molecular formula is C30H40Cl2N4O6Pt. The molecule has 240 valence electrons. The first-order valence-corrected chi connectivity index (χ1v) is 19.0. The number of aliphatic imine (C=N–C) groups is 2. The number of hydrogen-bond donors (Lipinski definition) is 0. The summed E-state index contributed by atoms with van der Waals surface area (Å²) in [6.45, 7) is 12.4. The molecule has 2 heterocycles. The zero-order chi connectivity index (χ0) is 32.4. The molecule has 0 radical (unpaired) electrons. The Labute approximate surface area is 270 Å². The van der Waals surface area contributed by atoms with Crippen molar-refractivity contribution in [3.8, 4) is 0 Å². The zero-order valence-corrected chi connectivity index (χ0v) is 30.0. The van der Waals surface area contributed by atoms with Gasteiger partial charge in [-0.05, 0) is 63.8 Å². The van der Waals surface area contributed by atoms with Gasteiger partial charge in [0.05, 0.1) is 14.2 Å². The molecule has 0 saturated heterocycles. The van der Waals surface area contributed by atoms with Gasteiger partial charge in [0.1, 0.15) is 12.8 Å². The number of benzene rings is 2. The van der Waals surface area contributed by atoms with Crippen LogP contribution in [-0.4, -0.2) is 62.2 Å². The van der Waals surface area contributed by atoms with E-state index in [-0.39, 0.29) is 37.1 Å². The van der Waals surface area contributed by atoms with Gasteiger partial charge in [-0.3, -0.25) is 9.59 Å². The molecule has 0 spiro atoms. The molecule has 0 fully saturated rings. The van der Waals surface area contributed by atoms with Crippen LogP contribution in [0.5, 0.6) is 0 Å². The van der Waals surface area contributed by atoms with Gasteiger partial charge in [0.15, 0.2) is 12.3 Å². The normalized spacial score (nSPS) is 17.9. The van der Waals surface area contributed by atoms with E-state index in [2.05, 4.69) is 85.3 Å². The molecule has 0 aliphatic carbocycles. The predicted molar refractivity (Wildman–Crippen MR) is 164 cm³/mol. The average molecular weight is 819 g/mol. The Morgan fingerprint density at radius 2 is 1.00 bits per heavy atom. The van der Waals surface area contributed by atoms with Gasteiger partial charge in [-0.1, -0.05) is 35.4 Å². The van der Waals surface area contributed by atoms with Crippen molar-refractivity contribution in [3.05, 3.63) is 68.8 Å². The minimum absolute atomic E-state index is 0.0568. The third-order valence-corrected chi connectivity index (χ3v) is 6.76. The number of carbonyl (C=O) groups excluding carboxylic acids is 2. The van der Waals surface area contributed by atoms with Crippen LogP contribution in [0.25, 0.3) is 0 Å². The van der Waals surface area contributed by atoms with Gasteiger partial charge in [0.2, 0.25) is 11.8 Å². The van der Waals surface area contributed by atoms with E-state index < -0.39 is 16.5 Å². The molecule has 2 aliphatic heterocycles. The SMILES string of the molecule is COC(=O)CC1=NC(c2c(C)cc(C)cc2C)N(C)O1.COC(=O)CC1=NC(c2c(C)cc(C)cc2C)N(C)O1.[Cl][Pt][Cl]. The second kappa shape index (κ2) is 17.1. The quantitative estimate of drug-likeness (QED) is 0.315. The van der Waals surface area contributed by atoms with Crippen molar-refractivity contribution in [2.24, 2.45) is 9.98 Å². The summed E-state index contributed by atoms with van der Waals surface area (Å²) in [6, 6.07) is 8.52. The second-order valence-corrected chi connectivity index (χ2v) is 13.5. The number of ether oxygens (including phenoxy) is 2. The molecule has 0 saturated carbocycles. The van der Waals surface area contributed by atoms with Crippen molar-refractivity contribution < 1.29 is 45.2 Å². The number of nitrogens with zero attached hydrogens (tertiary/aromatic N) is 4. The maximum atomic E-state index is 11.3. The van der Waals surface area contributed by atoms with Crippen LogP contribution in [0.1, 0.15) is 69.7 Å². The van der Waals surface area contributed by atoms with Crippen LogP contribution in [-0.2, 0) is 45.2 Å². The molecule has 4 rings (SSSR count). The van der Waals surface area contributed by atoms with E-state index >= 15 is 0 Å². The van der Waals surface area contributed by atoms with E-state index in [0.717, 1.165) is 11.1 Å². The fraction of sp³-hybridized carbons (Fsp3) is 0.467. The molecule has 0 bridgehead atoms. The number of halogens is 2. The number of hydrogen-bond acceptors (Lipinski definition) is 10.